The molecule has 0 spiro atoms. The third-order valence-electron chi connectivity index (χ3n) is 9.16. The third kappa shape index (κ3) is 8.46. The van der Waals surface area contributed by atoms with Crippen LogP contribution in [0.25, 0.3) is 11.3 Å². The Labute approximate surface area is 256 Å². The number of benzene rings is 1. The van der Waals surface area contributed by atoms with Crippen molar-refractivity contribution in [2.24, 2.45) is 17.3 Å². The maximum atomic E-state index is 13.4. The second-order valence-corrected chi connectivity index (χ2v) is 14.4. The maximum Gasteiger partial charge on any atom is 0.407 e. The Kier molecular flexibility index (Phi) is 10.0. The van der Waals surface area contributed by atoms with Crippen molar-refractivity contribution in [1.82, 2.24) is 19.8 Å². The first-order chi connectivity index (χ1) is 20.2. The molecular formula is C34H50N4O5. The number of likely N-dealkylation sites (tertiary alicyclic amines) is 1. The number of amides is 2. The van der Waals surface area contributed by atoms with Gasteiger partial charge in [0.25, 0.3) is 5.56 Å². The van der Waals surface area contributed by atoms with Gasteiger partial charge in [0.1, 0.15) is 5.60 Å². The molecule has 1 aromatic heterocycles. The summed E-state index contributed by atoms with van der Waals surface area (Å²) in [6, 6.07) is 8.95. The number of ether oxygens (including phenoxy) is 1. The lowest BCUT2D eigenvalue weighted by molar-refractivity contribution is -0.157. The van der Waals surface area contributed by atoms with Gasteiger partial charge in [-0.15, -0.1) is 0 Å². The summed E-state index contributed by atoms with van der Waals surface area (Å²) in [5.74, 6) is 0.796. The monoisotopic (exact) mass is 594 g/mol. The number of hydrogen-bond donors (Lipinski definition) is 2. The molecule has 1 aromatic carbocycles. The van der Waals surface area contributed by atoms with Crippen LogP contribution in [-0.2, 0) is 22.6 Å². The van der Waals surface area contributed by atoms with Crippen LogP contribution in [0.4, 0.5) is 4.79 Å². The van der Waals surface area contributed by atoms with E-state index in [4.69, 9.17) is 4.74 Å². The number of aliphatic hydroxyl groups is 1. The highest BCUT2D eigenvalue weighted by Crippen LogP contribution is 2.40. The van der Waals surface area contributed by atoms with E-state index in [0.717, 1.165) is 17.5 Å². The van der Waals surface area contributed by atoms with Crippen LogP contribution in [0, 0.1) is 17.3 Å². The molecule has 0 bridgehead atoms. The molecule has 4 rings (SSSR count). The number of rotatable bonds is 8. The van der Waals surface area contributed by atoms with Gasteiger partial charge in [0.15, 0.2) is 0 Å². The lowest BCUT2D eigenvalue weighted by Gasteiger charge is -2.50. The van der Waals surface area contributed by atoms with Crippen LogP contribution < -0.4 is 10.9 Å². The van der Waals surface area contributed by atoms with Crippen molar-refractivity contribution in [3.8, 4) is 11.3 Å². The van der Waals surface area contributed by atoms with Gasteiger partial charge in [-0.3, -0.25) is 14.2 Å². The fourth-order valence-electron chi connectivity index (χ4n) is 6.49. The third-order valence-corrected chi connectivity index (χ3v) is 9.16. The average molecular weight is 595 g/mol. The summed E-state index contributed by atoms with van der Waals surface area (Å²) in [6.07, 6.45) is 8.61. The predicted molar refractivity (Wildman–Crippen MR) is 167 cm³/mol. The van der Waals surface area contributed by atoms with Gasteiger partial charge in [-0.05, 0) is 51.2 Å². The highest BCUT2D eigenvalue weighted by molar-refractivity contribution is 5.78. The summed E-state index contributed by atoms with van der Waals surface area (Å²) in [5.41, 5.74) is -0.509. The maximum absolute atomic E-state index is 13.4. The summed E-state index contributed by atoms with van der Waals surface area (Å²) in [7, 11) is 0. The van der Waals surface area contributed by atoms with Crippen molar-refractivity contribution in [2.75, 3.05) is 13.1 Å². The van der Waals surface area contributed by atoms with Gasteiger partial charge < -0.3 is 20.1 Å². The molecule has 236 valence electrons. The predicted octanol–water partition coefficient (Wildman–Crippen LogP) is 5.53. The van der Waals surface area contributed by atoms with Crippen LogP contribution in [0.15, 0.2) is 41.5 Å². The first-order valence-corrected chi connectivity index (χ1v) is 15.8. The molecule has 1 aliphatic carbocycles. The Morgan fingerprint density at radius 2 is 1.88 bits per heavy atom. The minimum atomic E-state index is -1.17. The quantitative estimate of drug-likeness (QED) is 0.416. The zero-order valence-corrected chi connectivity index (χ0v) is 26.8. The molecule has 2 N–H and O–H groups in total. The number of carbonyl (C=O) groups excluding carboxylic acids is 2. The standard InChI is InChI=1S/C34H50N4O5/c1-24(17-25-11-8-7-9-12-25)30(40)37-16-15-34(42,33(5,6)21-37)22-38-23-36-28(19-29(38)39)27-14-10-13-26(18-27)20-35-31(41)43-32(2,3)4/h10,13-14,18-19,23-25,42H,7-9,11-12,15-17,20-22H2,1-6H3,(H,35,41)/t24-,34?/m1/s1. The number of hydrogen-bond acceptors (Lipinski definition) is 6. The molecule has 2 heterocycles. The van der Waals surface area contributed by atoms with E-state index in [1.807, 2.05) is 70.7 Å². The van der Waals surface area contributed by atoms with Crippen molar-refractivity contribution in [3.05, 3.63) is 52.6 Å². The average Bonchev–Trinajstić information content (AvgIpc) is 2.94. The van der Waals surface area contributed by atoms with E-state index in [0.29, 0.717) is 31.1 Å². The van der Waals surface area contributed by atoms with E-state index < -0.39 is 22.7 Å². The Morgan fingerprint density at radius 1 is 1.16 bits per heavy atom. The van der Waals surface area contributed by atoms with Crippen LogP contribution in [0.2, 0.25) is 0 Å². The Hall–Kier alpha value is -3.20. The van der Waals surface area contributed by atoms with E-state index in [-0.39, 0.29) is 30.5 Å². The molecule has 43 heavy (non-hydrogen) atoms. The van der Waals surface area contributed by atoms with Crippen molar-refractivity contribution in [3.63, 3.8) is 0 Å². The summed E-state index contributed by atoms with van der Waals surface area (Å²) in [6.45, 7) is 12.7. The summed E-state index contributed by atoms with van der Waals surface area (Å²) < 4.78 is 6.76. The summed E-state index contributed by atoms with van der Waals surface area (Å²) in [5, 5.41) is 14.5. The second-order valence-electron chi connectivity index (χ2n) is 14.4. The molecule has 2 atom stereocenters. The molecule has 1 unspecified atom stereocenters. The van der Waals surface area contributed by atoms with Gasteiger partial charge in [0.2, 0.25) is 5.91 Å². The van der Waals surface area contributed by atoms with Crippen molar-refractivity contribution in [2.45, 2.75) is 111 Å². The molecular weight excluding hydrogens is 544 g/mol. The first kappa shape index (κ1) is 32.7. The van der Waals surface area contributed by atoms with Crippen LogP contribution in [0.3, 0.4) is 0 Å². The normalized spacial score (nSPS) is 21.7. The minimum Gasteiger partial charge on any atom is -0.444 e. The Balaban J connectivity index is 1.39. The van der Waals surface area contributed by atoms with Gasteiger partial charge in [-0.1, -0.05) is 71.1 Å². The smallest absolute Gasteiger partial charge is 0.407 e. The number of nitrogens with one attached hydrogen (secondary N) is 1. The van der Waals surface area contributed by atoms with Gasteiger partial charge >= 0.3 is 6.09 Å². The van der Waals surface area contributed by atoms with E-state index in [1.54, 1.807) is 0 Å². The molecule has 2 aromatic rings. The number of carbonyl (C=O) groups is 2. The minimum absolute atomic E-state index is 0.0175. The number of piperidine rings is 1. The SMILES string of the molecule is C[C@H](CC1CCCCC1)C(=O)N1CCC(O)(Cn2cnc(-c3cccc(CNC(=O)OC(C)(C)C)c3)cc2=O)C(C)(C)C1. The van der Waals surface area contributed by atoms with Gasteiger partial charge in [0, 0.05) is 42.6 Å². The fourth-order valence-corrected chi connectivity index (χ4v) is 6.49. The topological polar surface area (TPSA) is 114 Å². The Bertz CT molecular complexity index is 1340. The molecule has 0 radical (unpaired) electrons. The zero-order valence-electron chi connectivity index (χ0n) is 26.8. The summed E-state index contributed by atoms with van der Waals surface area (Å²) >= 11 is 0. The second kappa shape index (κ2) is 13.2. The molecule has 2 aliphatic rings. The highest BCUT2D eigenvalue weighted by atomic mass is 16.6. The van der Waals surface area contributed by atoms with Crippen molar-refractivity contribution >= 4 is 12.0 Å². The van der Waals surface area contributed by atoms with E-state index >= 15 is 0 Å². The molecule has 9 nitrogen and oxygen atoms in total. The Morgan fingerprint density at radius 3 is 2.53 bits per heavy atom. The first-order valence-electron chi connectivity index (χ1n) is 15.8. The zero-order chi connectivity index (χ0) is 31.4. The number of aromatic nitrogens is 2. The van der Waals surface area contributed by atoms with Gasteiger partial charge in [-0.25, -0.2) is 9.78 Å². The van der Waals surface area contributed by atoms with Crippen LogP contribution >= 0.6 is 0 Å². The van der Waals surface area contributed by atoms with Crippen LogP contribution in [0.1, 0.15) is 92.1 Å². The van der Waals surface area contributed by atoms with E-state index in [9.17, 15) is 19.5 Å². The number of nitrogens with zero attached hydrogens (tertiary/aromatic N) is 3. The van der Waals surface area contributed by atoms with E-state index in [2.05, 4.69) is 10.3 Å². The van der Waals surface area contributed by atoms with Crippen molar-refractivity contribution < 1.29 is 19.4 Å². The molecule has 2 amide bonds. The summed E-state index contributed by atoms with van der Waals surface area (Å²) in [4.78, 5) is 45.0. The van der Waals surface area contributed by atoms with Crippen molar-refractivity contribution in [1.29, 1.82) is 0 Å². The van der Waals surface area contributed by atoms with Gasteiger partial charge in [0.05, 0.1) is 24.2 Å². The number of alkyl carbamates (subject to hydrolysis) is 1. The molecule has 1 aliphatic heterocycles. The molecule has 1 saturated heterocycles. The highest BCUT2D eigenvalue weighted by Gasteiger charge is 2.49. The van der Waals surface area contributed by atoms with Crippen LogP contribution in [0.5, 0.6) is 0 Å². The lowest BCUT2D eigenvalue weighted by Crippen LogP contribution is -2.61. The fraction of sp³-hybridized carbons (Fsp3) is 0.647. The van der Waals surface area contributed by atoms with Crippen LogP contribution in [-0.4, -0.2) is 55.8 Å². The molecule has 1 saturated carbocycles. The molecule has 9 heteroatoms. The van der Waals surface area contributed by atoms with Gasteiger partial charge in [-0.2, -0.15) is 0 Å². The lowest BCUT2D eigenvalue weighted by atomic mass is 9.69. The van der Waals surface area contributed by atoms with E-state index in [1.165, 1.54) is 49.1 Å². The molecule has 2 fully saturated rings. The largest absolute Gasteiger partial charge is 0.444 e.